The van der Waals surface area contributed by atoms with Crippen molar-refractivity contribution in [3.05, 3.63) is 30.3 Å². The van der Waals surface area contributed by atoms with Crippen LogP contribution < -0.4 is 0 Å². The van der Waals surface area contributed by atoms with Gasteiger partial charge in [-0.3, -0.25) is 4.79 Å². The average molecular weight is 340 g/mol. The molecule has 1 heterocycles. The molecule has 1 aromatic carbocycles. The van der Waals surface area contributed by atoms with Gasteiger partial charge in [0.1, 0.15) is 0 Å². The van der Waals surface area contributed by atoms with Gasteiger partial charge in [0.2, 0.25) is 15.9 Å². The zero-order valence-electron chi connectivity index (χ0n) is 13.4. The van der Waals surface area contributed by atoms with E-state index in [1.54, 1.807) is 23.1 Å². The predicted molar refractivity (Wildman–Crippen MR) is 87.3 cm³/mol. The second-order valence-electron chi connectivity index (χ2n) is 5.93. The number of carbonyl (C=O) groups is 1. The Hall–Kier alpha value is -1.44. The lowest BCUT2D eigenvalue weighted by Gasteiger charge is -2.33. The number of nitrogens with zero attached hydrogens (tertiary/aromatic N) is 2. The van der Waals surface area contributed by atoms with Crippen LogP contribution in [0.1, 0.15) is 19.3 Å². The van der Waals surface area contributed by atoms with Crippen molar-refractivity contribution in [1.29, 1.82) is 0 Å². The van der Waals surface area contributed by atoms with Gasteiger partial charge in [-0.25, -0.2) is 8.42 Å². The maximum Gasteiger partial charge on any atom is 0.243 e. The molecule has 6 nitrogen and oxygen atoms in total. The highest BCUT2D eigenvalue weighted by atomic mass is 32.2. The van der Waals surface area contributed by atoms with Crippen LogP contribution in [0.15, 0.2) is 35.2 Å². The smallest absolute Gasteiger partial charge is 0.243 e. The first-order valence-electron chi connectivity index (χ1n) is 7.85. The monoisotopic (exact) mass is 340 g/mol. The number of benzene rings is 1. The Kier molecular flexibility index (Phi) is 6.15. The van der Waals surface area contributed by atoms with E-state index < -0.39 is 10.0 Å². The summed E-state index contributed by atoms with van der Waals surface area (Å²) in [4.78, 5) is 14.3. The molecule has 1 saturated heterocycles. The summed E-state index contributed by atoms with van der Waals surface area (Å²) < 4.78 is 26.0. The average Bonchev–Trinajstić information content (AvgIpc) is 2.56. The van der Waals surface area contributed by atoms with Gasteiger partial charge in [0, 0.05) is 26.7 Å². The summed E-state index contributed by atoms with van der Waals surface area (Å²) in [5.41, 5.74) is 0. The number of carbonyl (C=O) groups excluding carboxylic acids is 1. The molecule has 0 spiro atoms. The van der Waals surface area contributed by atoms with Crippen LogP contribution in [-0.4, -0.2) is 61.9 Å². The van der Waals surface area contributed by atoms with Crippen molar-refractivity contribution in [2.24, 2.45) is 5.92 Å². The van der Waals surface area contributed by atoms with Crippen molar-refractivity contribution in [1.82, 2.24) is 9.21 Å². The van der Waals surface area contributed by atoms with E-state index in [1.807, 2.05) is 0 Å². The van der Waals surface area contributed by atoms with Gasteiger partial charge in [0.25, 0.3) is 0 Å². The molecule has 1 fully saturated rings. The van der Waals surface area contributed by atoms with Crippen LogP contribution in [0, 0.1) is 5.92 Å². The molecule has 7 heteroatoms. The van der Waals surface area contributed by atoms with Crippen molar-refractivity contribution in [3.8, 4) is 0 Å². The molecule has 0 bridgehead atoms. The number of hydrogen-bond donors (Lipinski definition) is 1. The molecule has 0 aromatic heterocycles. The normalized spacial score (nSPS) is 19.1. The molecule has 1 aliphatic rings. The summed E-state index contributed by atoms with van der Waals surface area (Å²) >= 11 is 0. The first-order valence-corrected chi connectivity index (χ1v) is 9.29. The number of aliphatic hydroxyl groups is 1. The molecule has 1 atom stereocenters. The fourth-order valence-corrected chi connectivity index (χ4v) is 4.00. The van der Waals surface area contributed by atoms with E-state index in [4.69, 9.17) is 5.11 Å². The Balaban J connectivity index is 1.99. The van der Waals surface area contributed by atoms with Crippen LogP contribution in [0.2, 0.25) is 0 Å². The predicted octanol–water partition coefficient (Wildman–Crippen LogP) is 0.928. The third kappa shape index (κ3) is 4.53. The summed E-state index contributed by atoms with van der Waals surface area (Å²) in [6.07, 6.45) is 2.58. The Morgan fingerprint density at radius 3 is 2.70 bits per heavy atom. The standard InChI is InChI=1S/C16H24N2O4S/c1-17(23(21,22)15-7-3-2-4-8-15)13-16(20)18-10-5-6-14(12-18)9-11-19/h2-4,7-8,14,19H,5-6,9-13H2,1H3/t14-/m0/s1. The minimum atomic E-state index is -3.65. The number of rotatable bonds is 6. The Labute approximate surface area is 137 Å². The molecule has 2 rings (SSSR count). The molecule has 128 valence electrons. The second kappa shape index (κ2) is 7.90. The molecule has 1 aliphatic heterocycles. The van der Waals surface area contributed by atoms with E-state index in [0.717, 1.165) is 17.1 Å². The zero-order chi connectivity index (χ0) is 16.9. The summed E-state index contributed by atoms with van der Waals surface area (Å²) in [6.45, 7) is 1.21. The van der Waals surface area contributed by atoms with Gasteiger partial charge in [-0.1, -0.05) is 18.2 Å². The minimum absolute atomic E-state index is 0.120. The second-order valence-corrected chi connectivity index (χ2v) is 7.98. The van der Waals surface area contributed by atoms with Crippen molar-refractivity contribution in [2.45, 2.75) is 24.2 Å². The summed E-state index contributed by atoms with van der Waals surface area (Å²) in [5.74, 6) is 0.114. The molecule has 1 aromatic rings. The topological polar surface area (TPSA) is 77.9 Å². The Bertz CT molecular complexity index is 616. The summed E-state index contributed by atoms with van der Waals surface area (Å²) in [6, 6.07) is 8.11. The molecule has 0 saturated carbocycles. The quantitative estimate of drug-likeness (QED) is 0.836. The number of amides is 1. The van der Waals surface area contributed by atoms with E-state index in [0.29, 0.717) is 25.4 Å². The first-order chi connectivity index (χ1) is 10.9. The first kappa shape index (κ1) is 17.9. The van der Waals surface area contributed by atoms with Crippen LogP contribution in [0.25, 0.3) is 0 Å². The SMILES string of the molecule is CN(CC(=O)N1CCC[C@@H](CCO)C1)S(=O)(=O)c1ccccc1. The van der Waals surface area contributed by atoms with E-state index in [9.17, 15) is 13.2 Å². The van der Waals surface area contributed by atoms with Crippen LogP contribution in [-0.2, 0) is 14.8 Å². The number of aliphatic hydroxyl groups excluding tert-OH is 1. The lowest BCUT2D eigenvalue weighted by molar-refractivity contribution is -0.133. The van der Waals surface area contributed by atoms with Crippen molar-refractivity contribution in [3.63, 3.8) is 0 Å². The molecular formula is C16H24N2O4S. The van der Waals surface area contributed by atoms with Crippen LogP contribution >= 0.6 is 0 Å². The van der Waals surface area contributed by atoms with Gasteiger partial charge in [-0.05, 0) is 37.3 Å². The molecule has 0 unspecified atom stereocenters. The van der Waals surface area contributed by atoms with Gasteiger partial charge >= 0.3 is 0 Å². The molecule has 1 amide bonds. The third-order valence-corrected chi connectivity index (χ3v) is 6.04. The van der Waals surface area contributed by atoms with Gasteiger partial charge in [0.15, 0.2) is 0 Å². The largest absolute Gasteiger partial charge is 0.396 e. The highest BCUT2D eigenvalue weighted by Gasteiger charge is 2.27. The zero-order valence-corrected chi connectivity index (χ0v) is 14.2. The Morgan fingerprint density at radius 2 is 2.04 bits per heavy atom. The lowest BCUT2D eigenvalue weighted by Crippen LogP contribution is -2.45. The highest BCUT2D eigenvalue weighted by molar-refractivity contribution is 7.89. The van der Waals surface area contributed by atoms with E-state index in [-0.39, 0.29) is 24.0 Å². The van der Waals surface area contributed by atoms with Crippen molar-refractivity contribution in [2.75, 3.05) is 33.3 Å². The summed E-state index contributed by atoms with van der Waals surface area (Å²) in [5, 5.41) is 9.03. The fourth-order valence-electron chi connectivity index (χ4n) is 2.86. The van der Waals surface area contributed by atoms with Gasteiger partial charge < -0.3 is 10.0 Å². The number of hydrogen-bond acceptors (Lipinski definition) is 4. The number of sulfonamides is 1. The van der Waals surface area contributed by atoms with E-state index in [2.05, 4.69) is 0 Å². The number of likely N-dealkylation sites (N-methyl/N-ethyl adjacent to an activating group) is 1. The van der Waals surface area contributed by atoms with Crippen LogP contribution in [0.5, 0.6) is 0 Å². The molecule has 23 heavy (non-hydrogen) atoms. The maximum absolute atomic E-state index is 12.4. The minimum Gasteiger partial charge on any atom is -0.396 e. The maximum atomic E-state index is 12.4. The number of piperidine rings is 1. The summed E-state index contributed by atoms with van der Waals surface area (Å²) in [7, 11) is -2.22. The molecule has 0 aliphatic carbocycles. The lowest BCUT2D eigenvalue weighted by atomic mass is 9.95. The molecule has 0 radical (unpaired) electrons. The number of likely N-dealkylation sites (tertiary alicyclic amines) is 1. The van der Waals surface area contributed by atoms with Gasteiger partial charge in [0.05, 0.1) is 11.4 Å². The fraction of sp³-hybridized carbons (Fsp3) is 0.562. The molecule has 1 N–H and O–H groups in total. The highest BCUT2D eigenvalue weighted by Crippen LogP contribution is 2.20. The van der Waals surface area contributed by atoms with Gasteiger partial charge in [-0.2, -0.15) is 4.31 Å². The molecular weight excluding hydrogens is 316 g/mol. The van der Waals surface area contributed by atoms with Crippen LogP contribution in [0.3, 0.4) is 0 Å². The van der Waals surface area contributed by atoms with Crippen LogP contribution in [0.4, 0.5) is 0 Å². The Morgan fingerprint density at radius 1 is 1.35 bits per heavy atom. The van der Waals surface area contributed by atoms with E-state index >= 15 is 0 Å². The third-order valence-electron chi connectivity index (χ3n) is 4.22. The van der Waals surface area contributed by atoms with Gasteiger partial charge in [-0.15, -0.1) is 0 Å². The van der Waals surface area contributed by atoms with E-state index in [1.165, 1.54) is 19.2 Å². The van der Waals surface area contributed by atoms with Crippen molar-refractivity contribution >= 4 is 15.9 Å². The van der Waals surface area contributed by atoms with Crippen molar-refractivity contribution < 1.29 is 18.3 Å².